The molecule has 1 aromatic carbocycles. The zero-order valence-electron chi connectivity index (χ0n) is 10.2. The van der Waals surface area contributed by atoms with E-state index in [4.69, 9.17) is 5.73 Å². The quantitative estimate of drug-likeness (QED) is 0.878. The van der Waals surface area contributed by atoms with E-state index in [-0.39, 0.29) is 12.2 Å². The van der Waals surface area contributed by atoms with Crippen molar-refractivity contribution in [3.8, 4) is 0 Å². The van der Waals surface area contributed by atoms with E-state index in [1.807, 2.05) is 12.1 Å². The largest absolute Gasteiger partial charge is 0.462 e. The van der Waals surface area contributed by atoms with Gasteiger partial charge in [-0.05, 0) is 29.3 Å². The Hall–Kier alpha value is -1.53. The molecule has 1 heterocycles. The number of alkyl halides is 2. The molecule has 0 saturated carbocycles. The van der Waals surface area contributed by atoms with Crippen LogP contribution in [0.5, 0.6) is 0 Å². The third-order valence-corrected chi connectivity index (χ3v) is 3.77. The Bertz CT molecular complexity index is 597. The molecular formula is C13H13F2NO2S. The minimum atomic E-state index is -3.74. The van der Waals surface area contributed by atoms with E-state index >= 15 is 0 Å². The molecule has 2 aromatic rings. The summed E-state index contributed by atoms with van der Waals surface area (Å²) in [5, 5.41) is 2.20. The first kappa shape index (κ1) is 13.9. The lowest BCUT2D eigenvalue weighted by molar-refractivity contribution is -0.174. The van der Waals surface area contributed by atoms with Gasteiger partial charge in [-0.15, -0.1) is 11.3 Å². The summed E-state index contributed by atoms with van der Waals surface area (Å²) >= 11 is 1.32. The monoisotopic (exact) mass is 285 g/mol. The number of carbonyl (C=O) groups is 1. The first-order valence-corrected chi connectivity index (χ1v) is 6.63. The van der Waals surface area contributed by atoms with Crippen molar-refractivity contribution >= 4 is 27.4 Å². The highest BCUT2D eigenvalue weighted by Crippen LogP contribution is 2.37. The van der Waals surface area contributed by atoms with Gasteiger partial charge in [-0.2, -0.15) is 8.78 Å². The van der Waals surface area contributed by atoms with Crippen molar-refractivity contribution < 1.29 is 18.3 Å². The van der Waals surface area contributed by atoms with Crippen LogP contribution in [0.2, 0.25) is 0 Å². The normalized spacial score (nSPS) is 13.5. The van der Waals surface area contributed by atoms with Crippen LogP contribution in [0.1, 0.15) is 18.5 Å². The van der Waals surface area contributed by atoms with Crippen molar-refractivity contribution in [1.82, 2.24) is 0 Å². The van der Waals surface area contributed by atoms with Gasteiger partial charge in [-0.25, -0.2) is 4.79 Å². The van der Waals surface area contributed by atoms with Crippen LogP contribution >= 0.6 is 11.3 Å². The average molecular weight is 285 g/mol. The first-order valence-electron chi connectivity index (χ1n) is 5.75. The van der Waals surface area contributed by atoms with E-state index in [1.165, 1.54) is 18.3 Å². The summed E-state index contributed by atoms with van der Waals surface area (Å²) in [4.78, 5) is 11.3. The molecule has 2 rings (SSSR count). The van der Waals surface area contributed by atoms with Gasteiger partial charge < -0.3 is 10.5 Å². The van der Waals surface area contributed by atoms with Crippen LogP contribution in [0.3, 0.4) is 0 Å². The van der Waals surface area contributed by atoms with Gasteiger partial charge in [0.15, 0.2) is 0 Å². The van der Waals surface area contributed by atoms with E-state index in [9.17, 15) is 13.6 Å². The smallest absolute Gasteiger partial charge is 0.379 e. The fourth-order valence-electron chi connectivity index (χ4n) is 1.79. The molecule has 0 bridgehead atoms. The Labute approximate surface area is 113 Å². The van der Waals surface area contributed by atoms with Gasteiger partial charge in [0.25, 0.3) is 0 Å². The van der Waals surface area contributed by atoms with E-state index in [0.29, 0.717) is 5.39 Å². The molecule has 0 fully saturated rings. The van der Waals surface area contributed by atoms with Crippen molar-refractivity contribution in [3.63, 3.8) is 0 Å². The molecule has 102 valence electrons. The summed E-state index contributed by atoms with van der Waals surface area (Å²) in [6.45, 7) is 1.37. The number of fused-ring (bicyclic) bond motifs is 1. The Morgan fingerprint density at radius 3 is 2.84 bits per heavy atom. The van der Waals surface area contributed by atoms with Gasteiger partial charge >= 0.3 is 11.9 Å². The van der Waals surface area contributed by atoms with Crippen LogP contribution in [-0.2, 0) is 9.53 Å². The molecular weight excluding hydrogens is 272 g/mol. The van der Waals surface area contributed by atoms with Gasteiger partial charge in [0.05, 0.1) is 6.61 Å². The molecule has 0 aliphatic carbocycles. The number of rotatable bonds is 4. The molecule has 0 aliphatic rings. The van der Waals surface area contributed by atoms with Crippen LogP contribution in [0, 0.1) is 0 Å². The number of ether oxygens (including phenoxy) is 1. The van der Waals surface area contributed by atoms with Crippen molar-refractivity contribution in [2.75, 3.05) is 6.61 Å². The summed E-state index contributed by atoms with van der Waals surface area (Å²) in [7, 11) is 0. The maximum absolute atomic E-state index is 13.9. The van der Waals surface area contributed by atoms with Gasteiger partial charge in [0.1, 0.15) is 6.04 Å². The lowest BCUT2D eigenvalue weighted by Gasteiger charge is -2.21. The van der Waals surface area contributed by atoms with Crippen LogP contribution in [0.4, 0.5) is 8.78 Å². The molecule has 3 nitrogen and oxygen atoms in total. The van der Waals surface area contributed by atoms with Crippen LogP contribution in [0.15, 0.2) is 29.6 Å². The predicted molar refractivity (Wildman–Crippen MR) is 70.3 cm³/mol. The van der Waals surface area contributed by atoms with Crippen molar-refractivity contribution in [2.45, 2.75) is 18.9 Å². The maximum atomic E-state index is 13.9. The zero-order chi connectivity index (χ0) is 14.0. The summed E-state index contributed by atoms with van der Waals surface area (Å²) in [6, 6.07) is 5.38. The van der Waals surface area contributed by atoms with E-state index in [2.05, 4.69) is 4.74 Å². The SMILES string of the molecule is CCOC(=O)C(F)(F)[C@@H](N)c1csc2ccccc12. The second kappa shape index (κ2) is 5.22. The minimum absolute atomic E-state index is 0.106. The third kappa shape index (κ3) is 2.46. The maximum Gasteiger partial charge on any atom is 0.379 e. The third-order valence-electron chi connectivity index (χ3n) is 2.78. The molecule has 0 radical (unpaired) electrons. The lowest BCUT2D eigenvalue weighted by atomic mass is 10.0. The molecule has 0 amide bonds. The number of hydrogen-bond donors (Lipinski definition) is 1. The van der Waals surface area contributed by atoms with E-state index in [1.54, 1.807) is 17.5 Å². The first-order chi connectivity index (χ1) is 8.98. The van der Waals surface area contributed by atoms with Crippen molar-refractivity contribution in [3.05, 3.63) is 35.2 Å². The molecule has 6 heteroatoms. The number of thiophene rings is 1. The molecule has 0 aliphatic heterocycles. The summed E-state index contributed by atoms with van der Waals surface area (Å²) in [5.41, 5.74) is 5.83. The van der Waals surface area contributed by atoms with Crippen LogP contribution < -0.4 is 5.73 Å². The van der Waals surface area contributed by atoms with Gasteiger partial charge in [-0.1, -0.05) is 18.2 Å². The number of halogens is 2. The predicted octanol–water partition coefficient (Wildman–Crippen LogP) is 3.10. The summed E-state index contributed by atoms with van der Waals surface area (Å²) in [5.74, 6) is -5.32. The fourth-order valence-corrected chi connectivity index (χ4v) is 2.79. The molecule has 0 saturated heterocycles. The molecule has 0 unspecified atom stereocenters. The van der Waals surface area contributed by atoms with E-state index < -0.39 is 17.9 Å². The van der Waals surface area contributed by atoms with E-state index in [0.717, 1.165) is 4.70 Å². The molecule has 19 heavy (non-hydrogen) atoms. The summed E-state index contributed by atoms with van der Waals surface area (Å²) < 4.78 is 33.0. The number of hydrogen-bond acceptors (Lipinski definition) is 4. The topological polar surface area (TPSA) is 52.3 Å². The summed E-state index contributed by atoms with van der Waals surface area (Å²) in [6.07, 6.45) is 0. The highest BCUT2D eigenvalue weighted by atomic mass is 32.1. The van der Waals surface area contributed by atoms with Crippen molar-refractivity contribution in [2.24, 2.45) is 5.73 Å². The Kier molecular flexibility index (Phi) is 3.82. The zero-order valence-corrected chi connectivity index (χ0v) is 11.0. The number of nitrogens with two attached hydrogens (primary N) is 1. The molecule has 0 spiro atoms. The van der Waals surface area contributed by atoms with Gasteiger partial charge in [0.2, 0.25) is 0 Å². The fraction of sp³-hybridized carbons (Fsp3) is 0.308. The highest BCUT2D eigenvalue weighted by molar-refractivity contribution is 7.17. The van der Waals surface area contributed by atoms with Crippen LogP contribution in [-0.4, -0.2) is 18.5 Å². The number of benzene rings is 1. The Balaban J connectivity index is 2.38. The Morgan fingerprint density at radius 1 is 1.47 bits per heavy atom. The lowest BCUT2D eigenvalue weighted by Crippen LogP contribution is -2.41. The van der Waals surface area contributed by atoms with Crippen LogP contribution in [0.25, 0.3) is 10.1 Å². The molecule has 2 N–H and O–H groups in total. The standard InChI is InChI=1S/C13H13F2NO2S/c1-2-18-12(17)13(14,15)11(16)9-7-19-10-6-4-3-5-8(9)10/h3-7,11H,2,16H2,1H3/t11-/m0/s1. The Morgan fingerprint density at radius 2 is 2.16 bits per heavy atom. The highest BCUT2D eigenvalue weighted by Gasteiger charge is 2.48. The second-order valence-electron chi connectivity index (χ2n) is 4.01. The molecule has 1 aromatic heterocycles. The second-order valence-corrected chi connectivity index (χ2v) is 4.92. The number of carbonyl (C=O) groups excluding carboxylic acids is 1. The minimum Gasteiger partial charge on any atom is -0.462 e. The molecule has 1 atom stereocenters. The number of esters is 1. The van der Waals surface area contributed by atoms with Gasteiger partial charge in [-0.3, -0.25) is 0 Å². The average Bonchev–Trinajstić information content (AvgIpc) is 2.81. The van der Waals surface area contributed by atoms with Gasteiger partial charge in [0, 0.05) is 4.70 Å². The van der Waals surface area contributed by atoms with Crippen molar-refractivity contribution in [1.29, 1.82) is 0 Å².